The van der Waals surface area contributed by atoms with Gasteiger partial charge in [0.25, 0.3) is 8.32 Å². The Balaban J connectivity index is 1.54. The normalized spacial score (nSPS) is 20.7. The molecular formula is C41H46O9Si. The molecule has 5 rings (SSSR count). The van der Waals surface area contributed by atoms with Crippen LogP contribution in [0.2, 0.25) is 5.04 Å². The van der Waals surface area contributed by atoms with Gasteiger partial charge in [-0.2, -0.15) is 0 Å². The third-order valence-corrected chi connectivity index (χ3v) is 14.0. The van der Waals surface area contributed by atoms with Crippen molar-refractivity contribution in [3.63, 3.8) is 0 Å². The number of hydrogen-bond donors (Lipinski definition) is 1. The van der Waals surface area contributed by atoms with E-state index in [2.05, 4.69) is 45.0 Å². The van der Waals surface area contributed by atoms with Crippen molar-refractivity contribution in [2.75, 3.05) is 6.61 Å². The van der Waals surface area contributed by atoms with Gasteiger partial charge in [0.15, 0.2) is 18.5 Å². The minimum Gasteiger partial charge on any atom is -0.457 e. The van der Waals surface area contributed by atoms with Crippen LogP contribution in [-0.2, 0) is 39.6 Å². The Morgan fingerprint density at radius 2 is 1.24 bits per heavy atom. The first-order chi connectivity index (χ1) is 24.5. The summed E-state index contributed by atoms with van der Waals surface area (Å²) in [6.45, 7) is 7.78. The molecule has 4 aromatic carbocycles. The number of rotatable bonds is 14. The molecule has 1 saturated heterocycles. The van der Waals surface area contributed by atoms with Crippen LogP contribution < -0.4 is 10.4 Å². The lowest BCUT2D eigenvalue weighted by molar-refractivity contribution is -0.297. The Morgan fingerprint density at radius 1 is 0.706 bits per heavy atom. The van der Waals surface area contributed by atoms with Crippen molar-refractivity contribution in [2.45, 2.75) is 82.9 Å². The van der Waals surface area contributed by atoms with Gasteiger partial charge in [-0.1, -0.05) is 130 Å². The lowest BCUT2D eigenvalue weighted by atomic mass is 9.98. The summed E-state index contributed by atoms with van der Waals surface area (Å²) in [5.41, 5.74) is 1.08. The van der Waals surface area contributed by atoms with E-state index in [1.165, 1.54) is 6.92 Å². The first-order valence-electron chi connectivity index (χ1n) is 17.2. The molecule has 0 saturated carbocycles. The molecule has 0 aliphatic carbocycles. The predicted molar refractivity (Wildman–Crippen MR) is 195 cm³/mol. The largest absolute Gasteiger partial charge is 0.457 e. The molecular weight excluding hydrogens is 665 g/mol. The summed E-state index contributed by atoms with van der Waals surface area (Å²) in [5, 5.41) is 13.2. The van der Waals surface area contributed by atoms with Crippen LogP contribution in [0.1, 0.15) is 56.5 Å². The number of ether oxygens (including phenoxy) is 4. The average Bonchev–Trinajstić information content (AvgIpc) is 3.13. The molecule has 5 atom stereocenters. The first-order valence-corrected chi connectivity index (χ1v) is 19.1. The van der Waals surface area contributed by atoms with Crippen LogP contribution in [-0.4, -0.2) is 68.5 Å². The van der Waals surface area contributed by atoms with E-state index < -0.39 is 51.0 Å². The maximum atomic E-state index is 13.3. The third-order valence-electron chi connectivity index (χ3n) is 8.98. The highest BCUT2D eigenvalue weighted by atomic mass is 28.4. The maximum Gasteiger partial charge on any atom is 0.338 e. The number of benzene rings is 4. The minimum absolute atomic E-state index is 0.0137. The number of ketones is 1. The molecule has 0 spiro atoms. The highest BCUT2D eigenvalue weighted by Crippen LogP contribution is 2.38. The van der Waals surface area contributed by atoms with Gasteiger partial charge in [0.05, 0.1) is 25.2 Å². The summed E-state index contributed by atoms with van der Waals surface area (Å²) < 4.78 is 31.7. The van der Waals surface area contributed by atoms with Crippen molar-refractivity contribution in [2.24, 2.45) is 0 Å². The number of aliphatic hydroxyl groups is 1. The molecule has 51 heavy (non-hydrogen) atoms. The lowest BCUT2D eigenvalue weighted by Gasteiger charge is -2.47. The van der Waals surface area contributed by atoms with Crippen molar-refractivity contribution >= 4 is 36.4 Å². The van der Waals surface area contributed by atoms with Crippen molar-refractivity contribution in [1.29, 1.82) is 0 Å². The second-order valence-electron chi connectivity index (χ2n) is 13.7. The van der Waals surface area contributed by atoms with Gasteiger partial charge in [0, 0.05) is 6.42 Å². The molecule has 0 amide bonds. The average molecular weight is 711 g/mol. The van der Waals surface area contributed by atoms with Crippen molar-refractivity contribution in [1.82, 2.24) is 0 Å². The fourth-order valence-electron chi connectivity index (χ4n) is 6.48. The molecule has 1 heterocycles. The molecule has 1 fully saturated rings. The van der Waals surface area contributed by atoms with Crippen LogP contribution in [0, 0.1) is 0 Å². The van der Waals surface area contributed by atoms with Gasteiger partial charge in [-0.25, -0.2) is 4.79 Å². The Morgan fingerprint density at radius 3 is 1.76 bits per heavy atom. The highest BCUT2D eigenvalue weighted by Gasteiger charge is 2.54. The van der Waals surface area contributed by atoms with Gasteiger partial charge in [-0.05, 0) is 40.0 Å². The molecule has 0 aromatic heterocycles. The summed E-state index contributed by atoms with van der Waals surface area (Å²) in [5.74, 6) is -1.53. The summed E-state index contributed by atoms with van der Waals surface area (Å²) >= 11 is 0. The van der Waals surface area contributed by atoms with E-state index >= 15 is 0 Å². The van der Waals surface area contributed by atoms with E-state index in [0.29, 0.717) is 0 Å². The SMILES string of the molecule is CC(=O)CCC(=O)O[C@H]1[C@H](OCc2ccccc2)[C@@H](OC(=O)c2ccccc2)C(O)O[C@H]1CO[Si](c1ccccc1)(c1ccccc1)C(C)(C)C. The lowest BCUT2D eigenvalue weighted by Crippen LogP contribution is -2.68. The van der Waals surface area contributed by atoms with E-state index in [9.17, 15) is 19.5 Å². The molecule has 9 nitrogen and oxygen atoms in total. The molecule has 4 aromatic rings. The number of aliphatic hydroxyl groups excluding tert-OH is 1. The zero-order chi connectivity index (χ0) is 36.4. The van der Waals surface area contributed by atoms with E-state index in [-0.39, 0.29) is 42.4 Å². The molecule has 0 radical (unpaired) electrons. The molecule has 1 N–H and O–H groups in total. The van der Waals surface area contributed by atoms with Crippen molar-refractivity contribution < 1.29 is 42.9 Å². The molecule has 10 heteroatoms. The van der Waals surface area contributed by atoms with Crippen LogP contribution in [0.4, 0.5) is 0 Å². The van der Waals surface area contributed by atoms with Crippen molar-refractivity contribution in [3.8, 4) is 0 Å². The Bertz CT molecular complexity index is 1670. The van der Waals surface area contributed by atoms with E-state index in [1.807, 2.05) is 66.7 Å². The zero-order valence-corrected chi connectivity index (χ0v) is 30.5. The fraction of sp³-hybridized carbons (Fsp3) is 0.341. The maximum absolute atomic E-state index is 13.3. The summed E-state index contributed by atoms with van der Waals surface area (Å²) in [6.07, 6.45) is -6.62. The van der Waals surface area contributed by atoms with Crippen LogP contribution in [0.3, 0.4) is 0 Å². The fourth-order valence-corrected chi connectivity index (χ4v) is 11.0. The number of hydrogen-bond acceptors (Lipinski definition) is 9. The molecule has 268 valence electrons. The summed E-state index contributed by atoms with van der Waals surface area (Å²) in [7, 11) is -3.11. The number of Topliss-reactive ketones (excluding diaryl/α,β-unsaturated/α-hetero) is 1. The quantitative estimate of drug-likeness (QED) is 0.136. The van der Waals surface area contributed by atoms with Crippen LogP contribution in [0.15, 0.2) is 121 Å². The van der Waals surface area contributed by atoms with Gasteiger partial charge >= 0.3 is 11.9 Å². The number of carbonyl (C=O) groups is 3. The Hall–Kier alpha value is -4.45. The van der Waals surface area contributed by atoms with E-state index in [0.717, 1.165) is 15.9 Å². The smallest absolute Gasteiger partial charge is 0.338 e. The van der Waals surface area contributed by atoms with Crippen LogP contribution >= 0.6 is 0 Å². The van der Waals surface area contributed by atoms with Crippen LogP contribution in [0.25, 0.3) is 0 Å². The number of esters is 2. The minimum atomic E-state index is -3.11. The van der Waals surface area contributed by atoms with Gasteiger partial charge in [0.1, 0.15) is 18.0 Å². The Kier molecular flexibility index (Phi) is 12.7. The van der Waals surface area contributed by atoms with Crippen LogP contribution in [0.5, 0.6) is 0 Å². The van der Waals surface area contributed by atoms with Gasteiger partial charge in [-0.3, -0.25) is 4.79 Å². The van der Waals surface area contributed by atoms with E-state index in [4.69, 9.17) is 23.4 Å². The van der Waals surface area contributed by atoms with Gasteiger partial charge in [-0.15, -0.1) is 0 Å². The van der Waals surface area contributed by atoms with Crippen molar-refractivity contribution in [3.05, 3.63) is 132 Å². The first kappa shape index (κ1) is 37.8. The monoisotopic (exact) mass is 710 g/mol. The highest BCUT2D eigenvalue weighted by molar-refractivity contribution is 6.99. The third kappa shape index (κ3) is 9.27. The summed E-state index contributed by atoms with van der Waals surface area (Å²) in [4.78, 5) is 38.5. The second kappa shape index (κ2) is 17.2. The topological polar surface area (TPSA) is 118 Å². The zero-order valence-electron chi connectivity index (χ0n) is 29.5. The Labute approximate surface area is 300 Å². The van der Waals surface area contributed by atoms with Gasteiger partial charge < -0.3 is 33.3 Å². The number of carbonyl (C=O) groups excluding carboxylic acids is 3. The standard InChI is InChI=1S/C41H46O9Si/c1-29(42)25-26-35(43)49-36-34(28-47-51(41(2,3)4,32-21-13-7-14-22-32)33-23-15-8-16-24-33)48-40(45)38(50-39(44)31-19-11-6-12-20-31)37(36)46-27-30-17-9-5-10-18-30/h5-24,34,36-38,40,45H,25-28H2,1-4H3/t34-,36+,37-,38+,40?/m0/s1. The second-order valence-corrected chi connectivity index (χ2v) is 18.0. The molecule has 1 aliphatic heterocycles. The van der Waals surface area contributed by atoms with E-state index in [1.54, 1.807) is 30.3 Å². The predicted octanol–water partition coefficient (Wildman–Crippen LogP) is 5.37. The molecule has 1 unspecified atom stereocenters. The summed E-state index contributed by atoms with van der Waals surface area (Å²) in [6, 6.07) is 37.8. The molecule has 0 bridgehead atoms. The molecule has 1 aliphatic rings. The van der Waals surface area contributed by atoms with Gasteiger partial charge in [0.2, 0.25) is 0 Å².